The van der Waals surface area contributed by atoms with E-state index in [2.05, 4.69) is 19.9 Å². The van der Waals surface area contributed by atoms with Crippen molar-refractivity contribution in [2.24, 2.45) is 0 Å². The van der Waals surface area contributed by atoms with Gasteiger partial charge in [0.25, 0.3) is 0 Å². The smallest absolute Gasteiger partial charge is 0.163 e. The van der Waals surface area contributed by atoms with Crippen LogP contribution >= 0.6 is 0 Å². The molecule has 1 aliphatic rings. The van der Waals surface area contributed by atoms with Crippen molar-refractivity contribution in [2.75, 3.05) is 0 Å². The zero-order valence-corrected chi connectivity index (χ0v) is 10.3. The number of allylic oxidation sites excluding steroid dienone is 2. The van der Waals surface area contributed by atoms with Crippen LogP contribution in [0.25, 0.3) is 0 Å². The Morgan fingerprint density at radius 1 is 1.47 bits per heavy atom. The Kier molecular flexibility index (Phi) is 4.86. The van der Waals surface area contributed by atoms with Crippen LogP contribution in [-0.2, 0) is 0 Å². The van der Waals surface area contributed by atoms with Crippen LogP contribution in [0, 0.1) is 5.21 Å². The largest absolute Gasteiger partial charge is 0.624 e. The third kappa shape index (κ3) is 4.06. The van der Waals surface area contributed by atoms with Gasteiger partial charge in [0.1, 0.15) is 0 Å². The van der Waals surface area contributed by atoms with Crippen LogP contribution in [-0.4, -0.2) is 16.5 Å². The molecule has 1 atom stereocenters. The van der Waals surface area contributed by atoms with Gasteiger partial charge in [0, 0.05) is 26.2 Å². The lowest BCUT2D eigenvalue weighted by Gasteiger charge is -2.16. The first-order valence-corrected chi connectivity index (χ1v) is 6.03. The Morgan fingerprint density at radius 3 is 2.87 bits per heavy atom. The summed E-state index contributed by atoms with van der Waals surface area (Å²) in [5, 5.41) is 11.9. The molecule has 0 radical (unpaired) electrons. The van der Waals surface area contributed by atoms with Crippen molar-refractivity contribution in [2.45, 2.75) is 65.3 Å². The lowest BCUT2D eigenvalue weighted by Crippen LogP contribution is -2.24. The van der Waals surface area contributed by atoms with E-state index in [1.54, 1.807) is 0 Å². The zero-order valence-electron chi connectivity index (χ0n) is 10.3. The van der Waals surface area contributed by atoms with Crippen LogP contribution in [0.1, 0.15) is 59.3 Å². The molecule has 0 aromatic carbocycles. The maximum absolute atomic E-state index is 11.9. The summed E-state index contributed by atoms with van der Waals surface area (Å²) in [5.74, 6) is 0. The van der Waals surface area contributed by atoms with E-state index in [0.29, 0.717) is 0 Å². The standard InChI is InChI=1S/C13H23NO/c1-11(2)7-6-10-13-9-5-4-8-12(3)14(13)15/h7,13H,4-6,8-10H2,1-3H3. The molecule has 0 N–H and O–H groups in total. The van der Waals surface area contributed by atoms with E-state index in [9.17, 15) is 5.21 Å². The summed E-state index contributed by atoms with van der Waals surface area (Å²) in [6.07, 6.45) is 8.72. The van der Waals surface area contributed by atoms with Crippen molar-refractivity contribution in [1.82, 2.24) is 0 Å². The second kappa shape index (κ2) is 5.94. The van der Waals surface area contributed by atoms with Gasteiger partial charge in [-0.3, -0.25) is 0 Å². The third-order valence-corrected chi connectivity index (χ3v) is 3.09. The quantitative estimate of drug-likeness (QED) is 0.396. The minimum Gasteiger partial charge on any atom is -0.624 e. The van der Waals surface area contributed by atoms with Crippen LogP contribution in [0.2, 0.25) is 0 Å². The molecule has 2 nitrogen and oxygen atoms in total. The van der Waals surface area contributed by atoms with Crippen molar-refractivity contribution in [3.05, 3.63) is 16.9 Å². The van der Waals surface area contributed by atoms with Crippen molar-refractivity contribution in [1.29, 1.82) is 0 Å². The number of hydrogen-bond acceptors (Lipinski definition) is 1. The van der Waals surface area contributed by atoms with Gasteiger partial charge in [-0.2, -0.15) is 0 Å². The van der Waals surface area contributed by atoms with Crippen LogP contribution in [0.4, 0.5) is 0 Å². The lowest BCUT2D eigenvalue weighted by molar-refractivity contribution is -0.503. The van der Waals surface area contributed by atoms with Crippen molar-refractivity contribution >= 4 is 5.71 Å². The minimum atomic E-state index is 0.225. The molecular weight excluding hydrogens is 186 g/mol. The topological polar surface area (TPSA) is 26.1 Å². The second-order valence-electron chi connectivity index (χ2n) is 4.82. The maximum Gasteiger partial charge on any atom is 0.163 e. The molecule has 0 bridgehead atoms. The molecule has 0 aromatic rings. The van der Waals surface area contributed by atoms with Crippen molar-refractivity contribution in [3.63, 3.8) is 0 Å². The monoisotopic (exact) mass is 209 g/mol. The second-order valence-corrected chi connectivity index (χ2v) is 4.82. The highest BCUT2D eigenvalue weighted by Gasteiger charge is 2.20. The Morgan fingerprint density at radius 2 is 2.20 bits per heavy atom. The van der Waals surface area contributed by atoms with Gasteiger partial charge in [-0.15, -0.1) is 0 Å². The Bertz CT molecular complexity index is 262. The molecule has 0 fully saturated rings. The molecule has 0 saturated heterocycles. The van der Waals surface area contributed by atoms with Crippen LogP contribution in [0.15, 0.2) is 11.6 Å². The summed E-state index contributed by atoms with van der Waals surface area (Å²) in [4.78, 5) is 0. The third-order valence-electron chi connectivity index (χ3n) is 3.09. The van der Waals surface area contributed by atoms with Gasteiger partial charge in [0.2, 0.25) is 0 Å². The summed E-state index contributed by atoms with van der Waals surface area (Å²) in [7, 11) is 0. The van der Waals surface area contributed by atoms with Crippen molar-refractivity contribution < 1.29 is 4.74 Å². The Hall–Kier alpha value is -0.790. The van der Waals surface area contributed by atoms with Crippen LogP contribution in [0.3, 0.4) is 0 Å². The Labute approximate surface area is 93.3 Å². The van der Waals surface area contributed by atoms with Gasteiger partial charge < -0.3 is 5.21 Å². The molecule has 86 valence electrons. The van der Waals surface area contributed by atoms with E-state index < -0.39 is 0 Å². The van der Waals surface area contributed by atoms with Crippen LogP contribution < -0.4 is 0 Å². The number of rotatable bonds is 3. The first kappa shape index (κ1) is 12.3. The van der Waals surface area contributed by atoms with E-state index >= 15 is 0 Å². The first-order valence-electron chi connectivity index (χ1n) is 6.03. The SMILES string of the molecule is CC(C)=CCCC1CCCCC(C)=[N+]1[O-]. The molecule has 2 heteroatoms. The predicted octanol–water partition coefficient (Wildman–Crippen LogP) is 3.65. The molecule has 15 heavy (non-hydrogen) atoms. The van der Waals surface area contributed by atoms with Crippen LogP contribution in [0.5, 0.6) is 0 Å². The van der Waals surface area contributed by atoms with Gasteiger partial charge in [-0.25, -0.2) is 4.74 Å². The molecule has 0 spiro atoms. The molecule has 1 aliphatic heterocycles. The van der Waals surface area contributed by atoms with E-state index in [1.807, 2.05) is 6.92 Å². The summed E-state index contributed by atoms with van der Waals surface area (Å²) in [6, 6.07) is 0.225. The molecule has 0 saturated carbocycles. The number of hydroxylamine groups is 1. The lowest BCUT2D eigenvalue weighted by atomic mass is 10.0. The minimum absolute atomic E-state index is 0.225. The van der Waals surface area contributed by atoms with Gasteiger partial charge >= 0.3 is 0 Å². The fourth-order valence-electron chi connectivity index (χ4n) is 2.13. The zero-order chi connectivity index (χ0) is 11.3. The molecular formula is C13H23NO. The average Bonchev–Trinajstić information content (AvgIpc) is 2.32. The highest BCUT2D eigenvalue weighted by molar-refractivity contribution is 5.77. The van der Waals surface area contributed by atoms with Gasteiger partial charge in [-0.05, 0) is 33.1 Å². The molecule has 1 rings (SSSR count). The van der Waals surface area contributed by atoms with E-state index in [-0.39, 0.29) is 6.04 Å². The maximum atomic E-state index is 11.9. The molecule has 0 aliphatic carbocycles. The fraction of sp³-hybridized carbons (Fsp3) is 0.769. The summed E-state index contributed by atoms with van der Waals surface area (Å²) < 4.78 is 1.27. The van der Waals surface area contributed by atoms with E-state index in [1.165, 1.54) is 23.2 Å². The number of hydrogen-bond donors (Lipinski definition) is 0. The Balaban J connectivity index is 2.52. The number of nitrogens with zero attached hydrogens (tertiary/aromatic N) is 1. The average molecular weight is 209 g/mol. The van der Waals surface area contributed by atoms with E-state index in [4.69, 9.17) is 0 Å². The summed E-state index contributed by atoms with van der Waals surface area (Å²) >= 11 is 0. The van der Waals surface area contributed by atoms with Gasteiger partial charge in [0.15, 0.2) is 11.8 Å². The summed E-state index contributed by atoms with van der Waals surface area (Å²) in [5.41, 5.74) is 2.37. The molecule has 0 aromatic heterocycles. The molecule has 0 amide bonds. The highest BCUT2D eigenvalue weighted by Crippen LogP contribution is 2.17. The highest BCUT2D eigenvalue weighted by atomic mass is 16.5. The molecule has 1 heterocycles. The normalized spacial score (nSPS) is 22.5. The van der Waals surface area contributed by atoms with Gasteiger partial charge in [-0.1, -0.05) is 11.6 Å². The predicted molar refractivity (Wildman–Crippen MR) is 65.2 cm³/mol. The van der Waals surface area contributed by atoms with E-state index in [0.717, 1.165) is 31.4 Å². The fourth-order valence-corrected chi connectivity index (χ4v) is 2.13. The summed E-state index contributed by atoms with van der Waals surface area (Å²) in [6.45, 7) is 6.20. The van der Waals surface area contributed by atoms with Gasteiger partial charge in [0.05, 0.1) is 0 Å². The molecule has 1 unspecified atom stereocenters. The first-order chi connectivity index (χ1) is 7.11. The van der Waals surface area contributed by atoms with Crippen molar-refractivity contribution in [3.8, 4) is 0 Å².